The molecule has 3 aliphatic carbocycles. The lowest BCUT2D eigenvalue weighted by molar-refractivity contribution is 0.179. The van der Waals surface area contributed by atoms with Gasteiger partial charge in [-0.1, -0.05) is 93.1 Å². The molecule has 42 heavy (non-hydrogen) atoms. The summed E-state index contributed by atoms with van der Waals surface area (Å²) in [5.41, 5.74) is 8.22. The second-order valence-corrected chi connectivity index (χ2v) is 13.6. The largest absolute Gasteiger partial charge is 0.463 e. The first kappa shape index (κ1) is 32.3. The average Bonchev–Trinajstić information content (AvgIpc) is 3.32. The maximum Gasteiger partial charge on any atom is 0.324 e. The van der Waals surface area contributed by atoms with E-state index in [1.165, 1.54) is 56.1 Å². The van der Waals surface area contributed by atoms with Gasteiger partial charge in [-0.25, -0.2) is 0 Å². The van der Waals surface area contributed by atoms with Crippen molar-refractivity contribution in [3.63, 3.8) is 0 Å². The van der Waals surface area contributed by atoms with E-state index in [1.54, 1.807) is 0 Å². The van der Waals surface area contributed by atoms with Gasteiger partial charge in [0.25, 0.3) is 0 Å². The van der Waals surface area contributed by atoms with Crippen LogP contribution in [0.5, 0.6) is 12.0 Å². The first-order valence-electron chi connectivity index (χ1n) is 16.9. The van der Waals surface area contributed by atoms with Crippen molar-refractivity contribution in [2.75, 3.05) is 18.5 Å². The van der Waals surface area contributed by atoms with Crippen molar-refractivity contribution >= 4 is 5.95 Å². The predicted molar refractivity (Wildman–Crippen MR) is 173 cm³/mol. The van der Waals surface area contributed by atoms with Crippen LogP contribution < -0.4 is 14.8 Å². The Bertz CT molecular complexity index is 1140. The minimum atomic E-state index is 0.277. The van der Waals surface area contributed by atoms with Crippen molar-refractivity contribution in [2.24, 2.45) is 28.6 Å². The highest BCUT2D eigenvalue weighted by molar-refractivity contribution is 5.46. The fourth-order valence-electron chi connectivity index (χ4n) is 6.91. The molecule has 3 aliphatic rings. The summed E-state index contributed by atoms with van der Waals surface area (Å²) in [6.45, 7) is 17.5. The lowest BCUT2D eigenvalue weighted by atomic mass is 9.69. The third kappa shape index (κ3) is 7.67. The van der Waals surface area contributed by atoms with Gasteiger partial charge in [0, 0.05) is 11.1 Å². The zero-order valence-electron chi connectivity index (χ0n) is 27.5. The highest BCUT2D eigenvalue weighted by Gasteiger charge is 2.58. The molecule has 4 rings (SSSR count). The molecule has 0 saturated heterocycles. The minimum absolute atomic E-state index is 0.277. The molecule has 1 aromatic heterocycles. The van der Waals surface area contributed by atoms with Gasteiger partial charge in [-0.3, -0.25) is 0 Å². The van der Waals surface area contributed by atoms with Crippen LogP contribution >= 0.6 is 0 Å². The number of ether oxygens (including phenoxy) is 2. The van der Waals surface area contributed by atoms with Crippen molar-refractivity contribution in [1.82, 2.24) is 15.0 Å². The Morgan fingerprint density at radius 2 is 1.52 bits per heavy atom. The van der Waals surface area contributed by atoms with E-state index in [9.17, 15) is 0 Å². The number of hydrogen-bond acceptors (Lipinski definition) is 6. The van der Waals surface area contributed by atoms with Crippen LogP contribution in [0.1, 0.15) is 126 Å². The van der Waals surface area contributed by atoms with Crippen LogP contribution in [0.15, 0.2) is 40.8 Å². The molecule has 2 saturated carbocycles. The van der Waals surface area contributed by atoms with Crippen LogP contribution in [-0.2, 0) is 0 Å². The van der Waals surface area contributed by atoms with E-state index >= 15 is 0 Å². The Labute approximate surface area is 255 Å². The van der Waals surface area contributed by atoms with Crippen LogP contribution in [0.25, 0.3) is 0 Å². The van der Waals surface area contributed by atoms with E-state index in [-0.39, 0.29) is 5.41 Å². The molecule has 2 bridgehead atoms. The number of allylic oxidation sites excluding steroid dienone is 4. The van der Waals surface area contributed by atoms with Crippen LogP contribution in [-0.4, -0.2) is 28.2 Å². The summed E-state index contributed by atoms with van der Waals surface area (Å²) in [6.07, 6.45) is 20.4. The molecule has 0 aliphatic heterocycles. The molecular weight excluding hydrogens is 520 g/mol. The monoisotopic (exact) mass is 576 g/mol. The molecule has 1 heterocycles. The smallest absolute Gasteiger partial charge is 0.324 e. The van der Waals surface area contributed by atoms with Crippen molar-refractivity contribution in [3.8, 4) is 12.0 Å². The summed E-state index contributed by atoms with van der Waals surface area (Å²) in [5, 5.41) is 3.40. The minimum Gasteiger partial charge on any atom is -0.463 e. The SMILES string of the molecule is CCCCC(CC)COc1nc(NC2=CCC(=C=C3CC4CCC3(C)C4(C)C)C=C2)nc(OCC(CC)CCCC)n1. The fraction of sp³-hybridized carbons (Fsp3) is 0.722. The normalized spacial score (nSPS) is 23.9. The van der Waals surface area contributed by atoms with Gasteiger partial charge in [-0.15, -0.1) is 10.7 Å². The lowest BCUT2D eigenvalue weighted by Gasteiger charge is -2.34. The van der Waals surface area contributed by atoms with Crippen LogP contribution in [0.3, 0.4) is 0 Å². The van der Waals surface area contributed by atoms with Gasteiger partial charge in [-0.05, 0) is 85.0 Å². The zero-order valence-corrected chi connectivity index (χ0v) is 27.5. The molecule has 4 atom stereocenters. The Hall–Kier alpha value is -2.59. The molecule has 0 spiro atoms. The summed E-state index contributed by atoms with van der Waals surface area (Å²) in [6, 6.07) is 0.661. The van der Waals surface area contributed by atoms with Crippen molar-refractivity contribution in [2.45, 2.75) is 126 Å². The summed E-state index contributed by atoms with van der Waals surface area (Å²) >= 11 is 0. The number of hydrogen-bond donors (Lipinski definition) is 1. The maximum atomic E-state index is 6.13. The maximum absolute atomic E-state index is 6.13. The zero-order chi connectivity index (χ0) is 30.2. The number of anilines is 1. The number of aromatic nitrogens is 3. The average molecular weight is 577 g/mol. The Morgan fingerprint density at radius 3 is 1.98 bits per heavy atom. The molecular formula is C36H56N4O2. The van der Waals surface area contributed by atoms with Gasteiger partial charge >= 0.3 is 12.0 Å². The molecule has 4 unspecified atom stereocenters. The van der Waals surface area contributed by atoms with Crippen LogP contribution in [0.4, 0.5) is 5.95 Å². The quantitative estimate of drug-likeness (QED) is 0.198. The van der Waals surface area contributed by atoms with E-state index in [4.69, 9.17) is 9.47 Å². The highest BCUT2D eigenvalue weighted by atomic mass is 16.5. The van der Waals surface area contributed by atoms with E-state index < -0.39 is 0 Å². The molecule has 1 N–H and O–H groups in total. The van der Waals surface area contributed by atoms with Crippen molar-refractivity contribution < 1.29 is 9.47 Å². The molecule has 0 amide bonds. The number of fused-ring (bicyclic) bond motifs is 2. The summed E-state index contributed by atoms with van der Waals surface area (Å²) in [7, 11) is 0. The standard InChI is InChI=1S/C36H56N4O2/c1-8-12-14-26(10-3)24-41-33-38-32(39-34(40-33)42-25-27(11-4)15-13-9-2)37-31-18-16-28(17-19-31)22-30-23-29-20-21-36(30,7)35(29,5)6/h16,18-19,26-27,29H,8-15,17,20-21,23-25H2,1-7H3,(H,37,38,39,40). The molecule has 0 aromatic carbocycles. The van der Waals surface area contributed by atoms with Crippen molar-refractivity contribution in [1.29, 1.82) is 0 Å². The van der Waals surface area contributed by atoms with E-state index in [1.807, 2.05) is 0 Å². The molecule has 2 fully saturated rings. The summed E-state index contributed by atoms with van der Waals surface area (Å²) in [4.78, 5) is 13.8. The van der Waals surface area contributed by atoms with Gasteiger partial charge in [0.15, 0.2) is 0 Å². The number of unbranched alkanes of at least 4 members (excludes halogenated alkanes) is 2. The molecule has 6 heteroatoms. The third-order valence-electron chi connectivity index (χ3n) is 10.7. The molecule has 6 nitrogen and oxygen atoms in total. The Balaban J connectivity index is 1.47. The van der Waals surface area contributed by atoms with E-state index in [2.05, 4.69) is 92.7 Å². The van der Waals surface area contributed by atoms with E-state index in [0.29, 0.717) is 48.4 Å². The summed E-state index contributed by atoms with van der Waals surface area (Å²) < 4.78 is 12.3. The molecule has 1 aromatic rings. The van der Waals surface area contributed by atoms with E-state index in [0.717, 1.165) is 43.7 Å². The number of nitrogens with one attached hydrogen (secondary N) is 1. The van der Waals surface area contributed by atoms with Gasteiger partial charge in [0.05, 0.1) is 13.2 Å². The highest BCUT2D eigenvalue weighted by Crippen LogP contribution is 2.67. The fourth-order valence-corrected chi connectivity index (χ4v) is 6.91. The first-order chi connectivity index (χ1) is 20.2. The van der Waals surface area contributed by atoms with Gasteiger partial charge < -0.3 is 14.8 Å². The number of rotatable bonds is 16. The second-order valence-electron chi connectivity index (χ2n) is 13.6. The van der Waals surface area contributed by atoms with Gasteiger partial charge in [0.2, 0.25) is 5.95 Å². The predicted octanol–water partition coefficient (Wildman–Crippen LogP) is 9.62. The lowest BCUT2D eigenvalue weighted by Crippen LogP contribution is -2.27. The third-order valence-corrected chi connectivity index (χ3v) is 10.7. The van der Waals surface area contributed by atoms with Gasteiger partial charge in [-0.2, -0.15) is 9.97 Å². The topological polar surface area (TPSA) is 69.2 Å². The molecule has 0 radical (unpaired) electrons. The Morgan fingerprint density at radius 1 is 0.905 bits per heavy atom. The van der Waals surface area contributed by atoms with Gasteiger partial charge in [0.1, 0.15) is 0 Å². The Kier molecular flexibility index (Phi) is 11.3. The number of nitrogens with zero attached hydrogens (tertiary/aromatic N) is 3. The molecule has 232 valence electrons. The first-order valence-corrected chi connectivity index (χ1v) is 16.9. The van der Waals surface area contributed by atoms with Crippen molar-refractivity contribution in [3.05, 3.63) is 40.8 Å². The van der Waals surface area contributed by atoms with Crippen LogP contribution in [0.2, 0.25) is 0 Å². The van der Waals surface area contributed by atoms with Crippen LogP contribution in [0, 0.1) is 28.6 Å². The summed E-state index contributed by atoms with van der Waals surface area (Å²) in [5.74, 6) is 2.24. The second kappa shape index (κ2) is 14.7.